The van der Waals surface area contributed by atoms with Crippen LogP contribution in [0.15, 0.2) is 18.2 Å². The number of benzene rings is 1. The fraction of sp³-hybridized carbons (Fsp3) is 0.455. The molecule has 0 aliphatic carbocycles. The van der Waals surface area contributed by atoms with Crippen molar-refractivity contribution in [2.24, 2.45) is 0 Å². The second-order valence-corrected chi connectivity index (χ2v) is 3.58. The third-order valence-electron chi connectivity index (χ3n) is 2.18. The van der Waals surface area contributed by atoms with Crippen molar-refractivity contribution >= 4 is 11.6 Å². The largest absolute Gasteiger partial charge is 0.380 e. The van der Waals surface area contributed by atoms with Crippen LogP contribution >= 0.6 is 11.6 Å². The Hall–Kier alpha value is -0.640. The minimum absolute atomic E-state index is 0.0445. The zero-order valence-corrected chi connectivity index (χ0v) is 9.64. The lowest BCUT2D eigenvalue weighted by molar-refractivity contribution is 0.125. The molecule has 4 heteroatoms. The molecule has 0 bridgehead atoms. The van der Waals surface area contributed by atoms with E-state index in [0.29, 0.717) is 13.2 Å². The van der Waals surface area contributed by atoms with Crippen molar-refractivity contribution in [2.45, 2.75) is 13.0 Å². The molecule has 0 amide bonds. The van der Waals surface area contributed by atoms with E-state index in [2.05, 4.69) is 5.32 Å². The average Bonchev–Trinajstić information content (AvgIpc) is 2.24. The van der Waals surface area contributed by atoms with E-state index in [9.17, 15) is 4.39 Å². The van der Waals surface area contributed by atoms with E-state index in [0.717, 1.165) is 5.56 Å². The Morgan fingerprint density at radius 3 is 2.80 bits per heavy atom. The van der Waals surface area contributed by atoms with Gasteiger partial charge in [-0.25, -0.2) is 4.39 Å². The van der Waals surface area contributed by atoms with Crippen LogP contribution in [0.2, 0.25) is 5.02 Å². The van der Waals surface area contributed by atoms with Gasteiger partial charge in [-0.2, -0.15) is 0 Å². The monoisotopic (exact) mass is 231 g/mol. The first-order valence-corrected chi connectivity index (χ1v) is 5.26. The zero-order chi connectivity index (χ0) is 11.3. The topological polar surface area (TPSA) is 21.3 Å². The van der Waals surface area contributed by atoms with Crippen LogP contribution in [0, 0.1) is 5.82 Å². The highest BCUT2D eigenvalue weighted by molar-refractivity contribution is 6.30. The molecule has 1 unspecified atom stereocenters. The van der Waals surface area contributed by atoms with Crippen LogP contribution in [-0.4, -0.2) is 20.3 Å². The first kappa shape index (κ1) is 12.4. The lowest BCUT2D eigenvalue weighted by Crippen LogP contribution is -2.21. The molecule has 0 aliphatic rings. The van der Waals surface area contributed by atoms with Crippen molar-refractivity contribution in [3.8, 4) is 0 Å². The van der Waals surface area contributed by atoms with E-state index >= 15 is 0 Å². The molecular weight excluding hydrogens is 217 g/mol. The summed E-state index contributed by atoms with van der Waals surface area (Å²) in [5.74, 6) is -0.397. The summed E-state index contributed by atoms with van der Waals surface area (Å²) in [6.07, 6.45) is 0. The molecule has 0 aliphatic heterocycles. The Labute approximate surface area is 94.4 Å². The predicted octanol–water partition coefficient (Wildman–Crippen LogP) is 2.78. The Bertz CT molecular complexity index is 319. The first-order chi connectivity index (χ1) is 7.19. The van der Waals surface area contributed by atoms with Crippen molar-refractivity contribution in [3.63, 3.8) is 0 Å². The number of likely N-dealkylation sites (N-methyl/N-ethyl adjacent to an activating group) is 1. The Morgan fingerprint density at radius 2 is 2.27 bits per heavy atom. The second-order valence-electron chi connectivity index (χ2n) is 3.17. The van der Waals surface area contributed by atoms with E-state index in [1.165, 1.54) is 6.07 Å². The first-order valence-electron chi connectivity index (χ1n) is 4.89. The zero-order valence-electron chi connectivity index (χ0n) is 8.89. The molecule has 0 heterocycles. The summed E-state index contributed by atoms with van der Waals surface area (Å²) in [6.45, 7) is 3.15. The molecule has 0 saturated carbocycles. The highest BCUT2D eigenvalue weighted by atomic mass is 35.5. The lowest BCUT2D eigenvalue weighted by atomic mass is 10.1. The van der Waals surface area contributed by atoms with Gasteiger partial charge < -0.3 is 10.1 Å². The molecule has 0 saturated heterocycles. The number of rotatable bonds is 5. The van der Waals surface area contributed by atoms with Crippen LogP contribution in [0.4, 0.5) is 4.39 Å². The van der Waals surface area contributed by atoms with Crippen molar-refractivity contribution in [2.75, 3.05) is 20.3 Å². The van der Waals surface area contributed by atoms with Gasteiger partial charge in [-0.1, -0.05) is 17.7 Å². The molecule has 0 fully saturated rings. The van der Waals surface area contributed by atoms with E-state index in [1.807, 2.05) is 14.0 Å². The van der Waals surface area contributed by atoms with Crippen LogP contribution in [0.3, 0.4) is 0 Å². The standard InChI is InChI=1S/C11H15ClFNO/c1-3-15-7-11(14-2)8-4-5-10(13)9(12)6-8/h4-6,11,14H,3,7H2,1-2H3. The summed E-state index contributed by atoms with van der Waals surface area (Å²) in [5, 5.41) is 3.24. The molecule has 0 radical (unpaired) electrons. The highest BCUT2D eigenvalue weighted by Crippen LogP contribution is 2.20. The molecule has 84 valence electrons. The van der Waals surface area contributed by atoms with Crippen molar-refractivity contribution in [3.05, 3.63) is 34.6 Å². The molecule has 1 aromatic rings. The molecule has 0 aromatic heterocycles. The van der Waals surface area contributed by atoms with Crippen LogP contribution in [-0.2, 0) is 4.74 Å². The maximum atomic E-state index is 12.9. The number of hydrogen-bond acceptors (Lipinski definition) is 2. The van der Waals surface area contributed by atoms with Gasteiger partial charge in [0.15, 0.2) is 0 Å². The lowest BCUT2D eigenvalue weighted by Gasteiger charge is -2.16. The van der Waals surface area contributed by atoms with Gasteiger partial charge in [0.1, 0.15) is 5.82 Å². The highest BCUT2D eigenvalue weighted by Gasteiger charge is 2.10. The van der Waals surface area contributed by atoms with Gasteiger partial charge in [0.2, 0.25) is 0 Å². The third-order valence-corrected chi connectivity index (χ3v) is 2.47. The van der Waals surface area contributed by atoms with E-state index in [4.69, 9.17) is 16.3 Å². The molecule has 1 aromatic carbocycles. The summed E-state index contributed by atoms with van der Waals surface area (Å²) < 4.78 is 18.2. The normalized spacial score (nSPS) is 12.8. The van der Waals surface area contributed by atoms with E-state index in [1.54, 1.807) is 12.1 Å². The Morgan fingerprint density at radius 1 is 1.53 bits per heavy atom. The smallest absolute Gasteiger partial charge is 0.141 e. The quantitative estimate of drug-likeness (QED) is 0.842. The molecule has 2 nitrogen and oxygen atoms in total. The van der Waals surface area contributed by atoms with Crippen LogP contribution in [0.1, 0.15) is 18.5 Å². The predicted molar refractivity (Wildman–Crippen MR) is 59.7 cm³/mol. The number of halogens is 2. The summed E-state index contributed by atoms with van der Waals surface area (Å²) in [6, 6.07) is 4.75. The van der Waals surface area contributed by atoms with Gasteiger partial charge in [0.05, 0.1) is 17.7 Å². The van der Waals surface area contributed by atoms with Crippen LogP contribution < -0.4 is 5.32 Å². The minimum atomic E-state index is -0.397. The minimum Gasteiger partial charge on any atom is -0.380 e. The fourth-order valence-corrected chi connectivity index (χ4v) is 1.50. The molecular formula is C11H15ClFNO. The molecule has 1 atom stereocenters. The molecule has 15 heavy (non-hydrogen) atoms. The molecule has 1 N–H and O–H groups in total. The van der Waals surface area contributed by atoms with Gasteiger partial charge in [-0.3, -0.25) is 0 Å². The van der Waals surface area contributed by atoms with Crippen molar-refractivity contribution < 1.29 is 9.13 Å². The fourth-order valence-electron chi connectivity index (χ4n) is 1.31. The summed E-state index contributed by atoms with van der Waals surface area (Å²) in [4.78, 5) is 0. The van der Waals surface area contributed by atoms with Crippen LogP contribution in [0.25, 0.3) is 0 Å². The summed E-state index contributed by atoms with van der Waals surface area (Å²) in [7, 11) is 1.83. The van der Waals surface area contributed by atoms with Crippen LogP contribution in [0.5, 0.6) is 0 Å². The SMILES string of the molecule is CCOCC(NC)c1ccc(F)c(Cl)c1. The van der Waals surface area contributed by atoms with Crippen molar-refractivity contribution in [1.82, 2.24) is 5.32 Å². The van der Waals surface area contributed by atoms with Gasteiger partial charge in [0.25, 0.3) is 0 Å². The maximum Gasteiger partial charge on any atom is 0.141 e. The van der Waals surface area contributed by atoms with Crippen molar-refractivity contribution in [1.29, 1.82) is 0 Å². The van der Waals surface area contributed by atoms with Gasteiger partial charge >= 0.3 is 0 Å². The third kappa shape index (κ3) is 3.45. The van der Waals surface area contributed by atoms with Gasteiger partial charge in [-0.05, 0) is 31.7 Å². The Kier molecular flexibility index (Phi) is 5.02. The van der Waals surface area contributed by atoms with E-state index < -0.39 is 5.82 Å². The number of hydrogen-bond donors (Lipinski definition) is 1. The van der Waals surface area contributed by atoms with E-state index in [-0.39, 0.29) is 11.1 Å². The molecule has 0 spiro atoms. The maximum absolute atomic E-state index is 12.9. The number of ether oxygens (including phenoxy) is 1. The average molecular weight is 232 g/mol. The number of nitrogens with one attached hydrogen (secondary N) is 1. The second kappa shape index (κ2) is 6.05. The van der Waals surface area contributed by atoms with Gasteiger partial charge in [-0.15, -0.1) is 0 Å². The summed E-state index contributed by atoms with van der Waals surface area (Å²) >= 11 is 5.71. The molecule has 1 rings (SSSR count). The Balaban J connectivity index is 2.78. The summed E-state index contributed by atoms with van der Waals surface area (Å²) in [5.41, 5.74) is 0.928. The van der Waals surface area contributed by atoms with Gasteiger partial charge in [0, 0.05) is 6.61 Å².